The van der Waals surface area contributed by atoms with E-state index < -0.39 is 0 Å². The lowest BCUT2D eigenvalue weighted by Gasteiger charge is -2.15. The first-order valence-electron chi connectivity index (χ1n) is 5.95. The maximum absolute atomic E-state index is 11.9. The number of hydrogen-bond donors (Lipinski definition) is 1. The highest BCUT2D eigenvalue weighted by molar-refractivity contribution is 6.30. The molecule has 1 N–H and O–H groups in total. The van der Waals surface area contributed by atoms with Crippen LogP contribution in [0, 0.1) is 0 Å². The van der Waals surface area contributed by atoms with E-state index in [4.69, 9.17) is 11.6 Å². The van der Waals surface area contributed by atoms with Crippen molar-refractivity contribution in [2.75, 3.05) is 13.1 Å². The van der Waals surface area contributed by atoms with E-state index in [1.807, 2.05) is 12.1 Å². The molecule has 1 heterocycles. The molecule has 1 aliphatic heterocycles. The molecule has 1 unspecified atom stereocenters. The Morgan fingerprint density at radius 1 is 1.33 bits per heavy atom. The summed E-state index contributed by atoms with van der Waals surface area (Å²) in [6.07, 6.45) is 0.341. The van der Waals surface area contributed by atoms with E-state index in [9.17, 15) is 9.59 Å². The van der Waals surface area contributed by atoms with Crippen LogP contribution in [0.3, 0.4) is 0 Å². The summed E-state index contributed by atoms with van der Waals surface area (Å²) in [6.45, 7) is 2.67. The number of carbonyl (C=O) groups excluding carboxylic acids is 2. The van der Waals surface area contributed by atoms with Gasteiger partial charge in [0.2, 0.25) is 5.91 Å². The lowest BCUT2D eigenvalue weighted by Crippen LogP contribution is -2.40. The molecule has 18 heavy (non-hydrogen) atoms. The van der Waals surface area contributed by atoms with Gasteiger partial charge in [-0.25, -0.2) is 4.79 Å². The number of imide groups is 1. The minimum absolute atomic E-state index is 0.00951. The number of urea groups is 1. The molecule has 5 heteroatoms. The summed E-state index contributed by atoms with van der Waals surface area (Å²) in [5.74, 6) is -0.122. The van der Waals surface area contributed by atoms with Crippen LogP contribution in [-0.2, 0) is 4.79 Å². The Kier molecular flexibility index (Phi) is 3.87. The molecule has 1 aliphatic rings. The summed E-state index contributed by atoms with van der Waals surface area (Å²) in [4.78, 5) is 24.9. The standard InChI is InChI=1S/C13H15ClN2O2/c1-2-16-12(17)7-10(8-15-13(16)18)9-3-5-11(14)6-4-9/h3-6,10H,2,7-8H2,1H3,(H,15,18). The highest BCUT2D eigenvalue weighted by Gasteiger charge is 2.28. The molecule has 0 radical (unpaired) electrons. The summed E-state index contributed by atoms with van der Waals surface area (Å²) in [7, 11) is 0. The Bertz CT molecular complexity index is 459. The number of nitrogens with zero attached hydrogens (tertiary/aromatic N) is 1. The number of benzene rings is 1. The number of carbonyl (C=O) groups is 2. The Balaban J connectivity index is 2.19. The summed E-state index contributed by atoms with van der Waals surface area (Å²) >= 11 is 5.84. The highest BCUT2D eigenvalue weighted by atomic mass is 35.5. The summed E-state index contributed by atoms with van der Waals surface area (Å²) in [6, 6.07) is 7.08. The normalized spacial score (nSPS) is 20.6. The van der Waals surface area contributed by atoms with Crippen molar-refractivity contribution in [2.45, 2.75) is 19.3 Å². The molecule has 1 aromatic rings. The van der Waals surface area contributed by atoms with Crippen molar-refractivity contribution in [3.05, 3.63) is 34.9 Å². The van der Waals surface area contributed by atoms with Crippen molar-refractivity contribution in [1.82, 2.24) is 10.2 Å². The van der Waals surface area contributed by atoms with Crippen molar-refractivity contribution in [2.24, 2.45) is 0 Å². The zero-order valence-corrected chi connectivity index (χ0v) is 10.9. The predicted molar refractivity (Wildman–Crippen MR) is 69.6 cm³/mol. The van der Waals surface area contributed by atoms with E-state index >= 15 is 0 Å². The van der Waals surface area contributed by atoms with E-state index in [0.29, 0.717) is 24.5 Å². The molecule has 0 spiro atoms. The average Bonchev–Trinajstić information content (AvgIpc) is 2.49. The fraction of sp³-hybridized carbons (Fsp3) is 0.385. The van der Waals surface area contributed by atoms with Crippen molar-refractivity contribution >= 4 is 23.5 Å². The second-order valence-corrected chi connectivity index (χ2v) is 4.71. The van der Waals surface area contributed by atoms with Gasteiger partial charge in [0.25, 0.3) is 0 Å². The second-order valence-electron chi connectivity index (χ2n) is 4.28. The minimum atomic E-state index is -0.307. The van der Waals surface area contributed by atoms with E-state index in [1.54, 1.807) is 19.1 Å². The first kappa shape index (κ1) is 12.9. The number of amides is 3. The molecule has 1 saturated heterocycles. The Hall–Kier alpha value is -1.55. The Labute approximate surface area is 111 Å². The van der Waals surface area contributed by atoms with Gasteiger partial charge in [0.15, 0.2) is 0 Å². The summed E-state index contributed by atoms with van der Waals surface area (Å²) in [5, 5.41) is 3.44. The molecule has 1 atom stereocenters. The number of halogens is 1. The third-order valence-corrected chi connectivity index (χ3v) is 3.38. The van der Waals surface area contributed by atoms with Crippen molar-refractivity contribution in [3.8, 4) is 0 Å². The van der Waals surface area contributed by atoms with Crippen molar-refractivity contribution < 1.29 is 9.59 Å². The predicted octanol–water partition coefficient (Wildman–Crippen LogP) is 2.39. The molecule has 1 aromatic carbocycles. The summed E-state index contributed by atoms with van der Waals surface area (Å²) in [5.41, 5.74) is 1.02. The van der Waals surface area contributed by atoms with Gasteiger partial charge in [-0.15, -0.1) is 0 Å². The van der Waals surface area contributed by atoms with E-state index in [1.165, 1.54) is 4.90 Å². The van der Waals surface area contributed by atoms with Gasteiger partial charge in [0, 0.05) is 30.5 Å². The molecular formula is C13H15ClN2O2. The fourth-order valence-corrected chi connectivity index (χ4v) is 2.23. The molecule has 3 amide bonds. The first-order chi connectivity index (χ1) is 8.61. The molecule has 1 fully saturated rings. The highest BCUT2D eigenvalue weighted by Crippen LogP contribution is 2.23. The summed E-state index contributed by atoms with van der Waals surface area (Å²) < 4.78 is 0. The molecule has 4 nitrogen and oxygen atoms in total. The van der Waals surface area contributed by atoms with Crippen molar-refractivity contribution in [1.29, 1.82) is 0 Å². The topological polar surface area (TPSA) is 49.4 Å². The molecule has 0 aromatic heterocycles. The molecule has 0 saturated carbocycles. The quantitative estimate of drug-likeness (QED) is 0.894. The van der Waals surface area contributed by atoms with Crippen LogP contribution in [0.25, 0.3) is 0 Å². The molecule has 0 bridgehead atoms. The molecule has 0 aliphatic carbocycles. The Morgan fingerprint density at radius 3 is 2.61 bits per heavy atom. The van der Waals surface area contributed by atoms with Crippen molar-refractivity contribution in [3.63, 3.8) is 0 Å². The van der Waals surface area contributed by atoms with Crippen LogP contribution < -0.4 is 5.32 Å². The lowest BCUT2D eigenvalue weighted by atomic mass is 9.95. The van der Waals surface area contributed by atoms with Crippen LogP contribution in [0.4, 0.5) is 4.79 Å². The number of hydrogen-bond acceptors (Lipinski definition) is 2. The van der Waals surface area contributed by atoms with Gasteiger partial charge in [-0.1, -0.05) is 23.7 Å². The number of nitrogens with one attached hydrogen (secondary N) is 1. The van der Waals surface area contributed by atoms with E-state index in [-0.39, 0.29) is 17.9 Å². The monoisotopic (exact) mass is 266 g/mol. The van der Waals surface area contributed by atoms with Crippen LogP contribution >= 0.6 is 11.6 Å². The van der Waals surface area contributed by atoms with Crippen LogP contribution in [0.1, 0.15) is 24.8 Å². The SMILES string of the molecule is CCN1C(=O)CC(c2ccc(Cl)cc2)CNC1=O. The van der Waals surface area contributed by atoms with Gasteiger partial charge < -0.3 is 5.32 Å². The second kappa shape index (κ2) is 5.40. The largest absolute Gasteiger partial charge is 0.337 e. The van der Waals surface area contributed by atoms with Crippen LogP contribution in [0.5, 0.6) is 0 Å². The van der Waals surface area contributed by atoms with E-state index in [0.717, 1.165) is 5.56 Å². The number of rotatable bonds is 2. The molecular weight excluding hydrogens is 252 g/mol. The maximum atomic E-state index is 11.9. The zero-order valence-electron chi connectivity index (χ0n) is 10.1. The van der Waals surface area contributed by atoms with E-state index in [2.05, 4.69) is 5.32 Å². The van der Waals surface area contributed by atoms with Crippen LogP contribution in [0.15, 0.2) is 24.3 Å². The zero-order chi connectivity index (χ0) is 13.1. The van der Waals surface area contributed by atoms with Gasteiger partial charge >= 0.3 is 6.03 Å². The fourth-order valence-electron chi connectivity index (χ4n) is 2.10. The smallest absolute Gasteiger partial charge is 0.324 e. The van der Waals surface area contributed by atoms with Crippen LogP contribution in [0.2, 0.25) is 5.02 Å². The lowest BCUT2D eigenvalue weighted by molar-refractivity contribution is -0.128. The molecule has 96 valence electrons. The minimum Gasteiger partial charge on any atom is -0.337 e. The average molecular weight is 267 g/mol. The maximum Gasteiger partial charge on any atom is 0.324 e. The van der Waals surface area contributed by atoms with Gasteiger partial charge in [-0.2, -0.15) is 0 Å². The third kappa shape index (κ3) is 2.64. The van der Waals surface area contributed by atoms with Gasteiger partial charge in [-0.3, -0.25) is 9.69 Å². The van der Waals surface area contributed by atoms with Gasteiger partial charge in [0.05, 0.1) is 0 Å². The first-order valence-corrected chi connectivity index (χ1v) is 6.33. The third-order valence-electron chi connectivity index (χ3n) is 3.12. The van der Waals surface area contributed by atoms with Gasteiger partial charge in [-0.05, 0) is 24.6 Å². The van der Waals surface area contributed by atoms with Gasteiger partial charge in [0.1, 0.15) is 0 Å². The molecule has 2 rings (SSSR count). The Morgan fingerprint density at radius 2 is 2.00 bits per heavy atom. The van der Waals surface area contributed by atoms with Crippen LogP contribution in [-0.4, -0.2) is 29.9 Å².